The molecule has 2 aromatic heterocycles. The Hall–Kier alpha value is -3.61. The number of carbonyl (C=O) groups excluding carboxylic acids is 2. The third kappa shape index (κ3) is 3.89. The highest BCUT2D eigenvalue weighted by Gasteiger charge is 2.11. The molecule has 2 N–H and O–H groups in total. The van der Waals surface area contributed by atoms with Crippen molar-refractivity contribution in [3.05, 3.63) is 77.6 Å². The maximum absolute atomic E-state index is 12.0. The van der Waals surface area contributed by atoms with Gasteiger partial charge in [-0.3, -0.25) is 9.59 Å². The highest BCUT2D eigenvalue weighted by atomic mass is 16.3. The number of hydrogen-bond donors (Lipinski definition) is 2. The molecule has 2 heterocycles. The van der Waals surface area contributed by atoms with Crippen molar-refractivity contribution in [1.82, 2.24) is 5.43 Å². The molecular weight excluding hydrogens is 334 g/mol. The van der Waals surface area contributed by atoms with Gasteiger partial charge in [-0.05, 0) is 49.7 Å². The van der Waals surface area contributed by atoms with Crippen LogP contribution in [0.2, 0.25) is 0 Å². The fraction of sp³-hybridized carbons (Fsp3) is 0.105. The van der Waals surface area contributed by atoms with E-state index in [1.807, 2.05) is 0 Å². The average Bonchev–Trinajstić information content (AvgIpc) is 3.31. The van der Waals surface area contributed by atoms with Crippen LogP contribution in [0.5, 0.6) is 0 Å². The molecule has 132 valence electrons. The van der Waals surface area contributed by atoms with Gasteiger partial charge < -0.3 is 14.2 Å². The number of furan rings is 2. The maximum atomic E-state index is 12.0. The normalized spacial score (nSPS) is 11.2. The molecule has 0 atom stereocenters. The Morgan fingerprint density at radius 1 is 0.962 bits per heavy atom. The molecule has 7 heteroatoms. The smallest absolute Gasteiger partial charge is 0.291 e. The summed E-state index contributed by atoms with van der Waals surface area (Å²) in [5.41, 5.74) is 5.00. The third-order valence-electron chi connectivity index (χ3n) is 3.73. The molecular formula is C19H17N3O4. The molecule has 0 aliphatic carbocycles. The fourth-order valence-electron chi connectivity index (χ4n) is 2.28. The van der Waals surface area contributed by atoms with E-state index in [-0.39, 0.29) is 17.6 Å². The molecule has 0 spiro atoms. The average molecular weight is 351 g/mol. The number of nitrogens with zero attached hydrogens (tertiary/aromatic N) is 1. The summed E-state index contributed by atoms with van der Waals surface area (Å²) in [4.78, 5) is 23.9. The molecule has 0 radical (unpaired) electrons. The van der Waals surface area contributed by atoms with E-state index >= 15 is 0 Å². The van der Waals surface area contributed by atoms with Gasteiger partial charge in [0.1, 0.15) is 5.76 Å². The SMILES string of the molecule is C/C(=N/NC(=O)c1ccoc1C)c1ccc(NC(=O)c2ccco2)cc1. The van der Waals surface area contributed by atoms with Gasteiger partial charge in [0.2, 0.25) is 0 Å². The monoisotopic (exact) mass is 351 g/mol. The fourth-order valence-corrected chi connectivity index (χ4v) is 2.28. The number of rotatable bonds is 5. The van der Waals surface area contributed by atoms with E-state index in [0.29, 0.717) is 22.7 Å². The Bertz CT molecular complexity index is 938. The first kappa shape index (κ1) is 17.2. The molecule has 0 saturated heterocycles. The topological polar surface area (TPSA) is 96.8 Å². The lowest BCUT2D eigenvalue weighted by Gasteiger charge is -2.06. The van der Waals surface area contributed by atoms with Crippen LogP contribution in [-0.4, -0.2) is 17.5 Å². The second-order valence-electron chi connectivity index (χ2n) is 5.54. The first-order valence-corrected chi connectivity index (χ1v) is 7.88. The van der Waals surface area contributed by atoms with E-state index in [1.54, 1.807) is 56.3 Å². The quantitative estimate of drug-likeness (QED) is 0.542. The Morgan fingerprint density at radius 3 is 2.35 bits per heavy atom. The summed E-state index contributed by atoms with van der Waals surface area (Å²) >= 11 is 0. The molecule has 0 saturated carbocycles. The molecule has 26 heavy (non-hydrogen) atoms. The number of hydrogen-bond acceptors (Lipinski definition) is 5. The van der Waals surface area contributed by atoms with Gasteiger partial charge in [0, 0.05) is 5.69 Å². The highest BCUT2D eigenvalue weighted by Crippen LogP contribution is 2.13. The summed E-state index contributed by atoms with van der Waals surface area (Å²) in [6, 6.07) is 11.9. The summed E-state index contributed by atoms with van der Waals surface area (Å²) in [5, 5.41) is 6.83. The zero-order valence-corrected chi connectivity index (χ0v) is 14.3. The zero-order chi connectivity index (χ0) is 18.5. The van der Waals surface area contributed by atoms with Gasteiger partial charge in [-0.2, -0.15) is 5.10 Å². The van der Waals surface area contributed by atoms with Crippen LogP contribution in [-0.2, 0) is 0 Å². The van der Waals surface area contributed by atoms with E-state index in [2.05, 4.69) is 15.8 Å². The van der Waals surface area contributed by atoms with Gasteiger partial charge in [0.25, 0.3) is 11.8 Å². The highest BCUT2D eigenvalue weighted by molar-refractivity contribution is 6.03. The van der Waals surface area contributed by atoms with E-state index in [1.165, 1.54) is 12.5 Å². The number of anilines is 1. The van der Waals surface area contributed by atoms with Crippen molar-refractivity contribution in [2.75, 3.05) is 5.32 Å². The van der Waals surface area contributed by atoms with Crippen LogP contribution < -0.4 is 10.7 Å². The number of hydrazone groups is 1. The lowest BCUT2D eigenvalue weighted by molar-refractivity contribution is 0.0952. The largest absolute Gasteiger partial charge is 0.469 e. The summed E-state index contributed by atoms with van der Waals surface area (Å²) < 4.78 is 10.1. The lowest BCUT2D eigenvalue weighted by atomic mass is 10.1. The van der Waals surface area contributed by atoms with Crippen molar-refractivity contribution in [1.29, 1.82) is 0 Å². The first-order valence-electron chi connectivity index (χ1n) is 7.88. The van der Waals surface area contributed by atoms with Crippen LogP contribution in [0.1, 0.15) is 39.2 Å². The molecule has 2 amide bonds. The molecule has 1 aromatic carbocycles. The second-order valence-corrected chi connectivity index (χ2v) is 5.54. The van der Waals surface area contributed by atoms with Crippen molar-refractivity contribution < 1.29 is 18.4 Å². The van der Waals surface area contributed by atoms with Crippen molar-refractivity contribution in [3.63, 3.8) is 0 Å². The van der Waals surface area contributed by atoms with E-state index in [9.17, 15) is 9.59 Å². The molecule has 3 aromatic rings. The van der Waals surface area contributed by atoms with E-state index in [4.69, 9.17) is 8.83 Å². The summed E-state index contributed by atoms with van der Waals surface area (Å²) in [6.07, 6.45) is 2.90. The molecule has 0 aliphatic rings. The third-order valence-corrected chi connectivity index (χ3v) is 3.73. The maximum Gasteiger partial charge on any atom is 0.291 e. The summed E-state index contributed by atoms with van der Waals surface area (Å²) in [5.74, 6) is 0.116. The zero-order valence-electron chi connectivity index (χ0n) is 14.3. The molecule has 0 bridgehead atoms. The van der Waals surface area contributed by atoms with Crippen LogP contribution in [0, 0.1) is 6.92 Å². The molecule has 0 unspecified atom stereocenters. The predicted molar refractivity (Wildman–Crippen MR) is 96.2 cm³/mol. The van der Waals surface area contributed by atoms with E-state index in [0.717, 1.165) is 5.56 Å². The summed E-state index contributed by atoms with van der Waals surface area (Å²) in [7, 11) is 0. The molecule has 0 aliphatic heterocycles. The predicted octanol–water partition coefficient (Wildman–Crippen LogP) is 3.59. The second kappa shape index (κ2) is 7.52. The number of amides is 2. The molecule has 3 rings (SSSR count). The minimum Gasteiger partial charge on any atom is -0.469 e. The van der Waals surface area contributed by atoms with Crippen molar-refractivity contribution >= 4 is 23.2 Å². The first-order chi connectivity index (χ1) is 12.5. The minimum absolute atomic E-state index is 0.240. The van der Waals surface area contributed by atoms with Gasteiger partial charge in [-0.25, -0.2) is 5.43 Å². The molecule has 0 fully saturated rings. The molecule has 7 nitrogen and oxygen atoms in total. The van der Waals surface area contributed by atoms with Crippen molar-refractivity contribution in [2.24, 2.45) is 5.10 Å². The Kier molecular flexibility index (Phi) is 4.98. The number of aryl methyl sites for hydroxylation is 1. The lowest BCUT2D eigenvalue weighted by Crippen LogP contribution is -2.19. The van der Waals surface area contributed by atoms with Gasteiger partial charge in [0.05, 0.1) is 23.8 Å². The number of benzene rings is 1. The van der Waals surface area contributed by atoms with Gasteiger partial charge in [-0.15, -0.1) is 0 Å². The van der Waals surface area contributed by atoms with Crippen LogP contribution >= 0.6 is 0 Å². The van der Waals surface area contributed by atoms with Gasteiger partial charge >= 0.3 is 0 Å². The standard InChI is InChI=1S/C19H17N3O4/c1-12(21-22-18(23)16-9-11-25-13(16)2)14-5-7-15(8-6-14)20-19(24)17-4-3-10-26-17/h3-11H,1-2H3,(H,20,24)(H,22,23)/b21-12-. The van der Waals surface area contributed by atoms with Crippen molar-refractivity contribution in [2.45, 2.75) is 13.8 Å². The summed E-state index contributed by atoms with van der Waals surface area (Å²) in [6.45, 7) is 3.49. The van der Waals surface area contributed by atoms with Crippen LogP contribution in [0.25, 0.3) is 0 Å². The van der Waals surface area contributed by atoms with E-state index < -0.39 is 0 Å². The van der Waals surface area contributed by atoms with Gasteiger partial charge in [0.15, 0.2) is 5.76 Å². The van der Waals surface area contributed by atoms with Crippen molar-refractivity contribution in [3.8, 4) is 0 Å². The Labute approximate surface area is 149 Å². The van der Waals surface area contributed by atoms with Crippen LogP contribution in [0.4, 0.5) is 5.69 Å². The Balaban J connectivity index is 1.63. The Morgan fingerprint density at radius 2 is 1.73 bits per heavy atom. The van der Waals surface area contributed by atoms with Crippen LogP contribution in [0.15, 0.2) is 68.9 Å². The van der Waals surface area contributed by atoms with Crippen LogP contribution in [0.3, 0.4) is 0 Å². The number of carbonyl (C=O) groups is 2. The minimum atomic E-state index is -0.335. The number of nitrogens with one attached hydrogen (secondary N) is 2. The van der Waals surface area contributed by atoms with Gasteiger partial charge in [-0.1, -0.05) is 12.1 Å².